The molecule has 2 aromatic heterocycles. The van der Waals surface area contributed by atoms with E-state index in [1.165, 1.54) is 12.8 Å². The van der Waals surface area contributed by atoms with Gasteiger partial charge in [0.05, 0.1) is 23.6 Å². The molecule has 1 aromatic carbocycles. The van der Waals surface area contributed by atoms with Gasteiger partial charge < -0.3 is 39.1 Å². The smallest absolute Gasteiger partial charge is 0.328 e. The van der Waals surface area contributed by atoms with Crippen LogP contribution in [0.2, 0.25) is 0 Å². The first-order chi connectivity index (χ1) is 23.1. The number of aliphatic carboxylic acids is 4. The number of rotatable bonds is 14. The topological polar surface area (TPSA) is 217 Å². The van der Waals surface area contributed by atoms with Gasteiger partial charge >= 0.3 is 23.9 Å². The second-order valence-electron chi connectivity index (χ2n) is 12.2. The van der Waals surface area contributed by atoms with Crippen molar-refractivity contribution in [3.8, 4) is 5.75 Å². The number of likely N-dealkylation sites (tertiary alicyclic amines) is 1. The van der Waals surface area contributed by atoms with E-state index in [2.05, 4.69) is 60.2 Å². The third-order valence-corrected chi connectivity index (χ3v) is 7.12. The zero-order chi connectivity index (χ0) is 36.5. The summed E-state index contributed by atoms with van der Waals surface area (Å²) in [5.74, 6) is -2.04. The van der Waals surface area contributed by atoms with Gasteiger partial charge in [0.25, 0.3) is 0 Å². The first kappa shape index (κ1) is 40.2. The van der Waals surface area contributed by atoms with Gasteiger partial charge in [-0.2, -0.15) is 0 Å². The van der Waals surface area contributed by atoms with E-state index < -0.39 is 23.9 Å². The molecule has 49 heavy (non-hydrogen) atoms. The molecule has 0 aliphatic carbocycles. The quantitative estimate of drug-likeness (QED) is 0.172. The van der Waals surface area contributed by atoms with Crippen molar-refractivity contribution in [2.45, 2.75) is 59.5 Å². The first-order valence-electron chi connectivity index (χ1n) is 15.7. The minimum atomic E-state index is -1.26. The molecular formula is C34H46N4O11. The van der Waals surface area contributed by atoms with Gasteiger partial charge in [-0.15, -0.1) is 0 Å². The summed E-state index contributed by atoms with van der Waals surface area (Å²) in [6, 6.07) is 6.25. The molecule has 1 aliphatic heterocycles. The van der Waals surface area contributed by atoms with Crippen LogP contribution in [-0.2, 0) is 38.7 Å². The summed E-state index contributed by atoms with van der Waals surface area (Å²) in [4.78, 5) is 42.8. The molecule has 1 aliphatic rings. The van der Waals surface area contributed by atoms with E-state index in [1.807, 2.05) is 13.0 Å². The second kappa shape index (κ2) is 20.4. The number of aromatic nitrogens is 2. The predicted molar refractivity (Wildman–Crippen MR) is 178 cm³/mol. The van der Waals surface area contributed by atoms with Crippen molar-refractivity contribution in [2.75, 3.05) is 33.8 Å². The number of piperidine rings is 1. The highest BCUT2D eigenvalue weighted by atomic mass is 16.5. The summed E-state index contributed by atoms with van der Waals surface area (Å²) in [6.45, 7) is 10.8. The Morgan fingerprint density at radius 2 is 1.51 bits per heavy atom. The molecule has 1 fully saturated rings. The van der Waals surface area contributed by atoms with E-state index in [0.717, 1.165) is 84.4 Å². The zero-order valence-electron chi connectivity index (χ0n) is 28.5. The van der Waals surface area contributed by atoms with Crippen molar-refractivity contribution >= 4 is 34.8 Å². The van der Waals surface area contributed by atoms with Crippen LogP contribution in [0.15, 0.2) is 51.5 Å². The molecule has 268 valence electrons. The Bertz CT molecular complexity index is 1520. The number of hydrogen-bond donors (Lipinski definition) is 4. The number of carboxylic acid groups (broad SMARTS) is 4. The first-order valence-corrected chi connectivity index (χ1v) is 15.7. The number of hydrogen-bond acceptors (Lipinski definition) is 11. The van der Waals surface area contributed by atoms with Crippen LogP contribution in [0.3, 0.4) is 0 Å². The van der Waals surface area contributed by atoms with Crippen LogP contribution >= 0.6 is 0 Å². The Morgan fingerprint density at radius 3 is 1.98 bits per heavy atom. The summed E-state index contributed by atoms with van der Waals surface area (Å²) in [6.07, 6.45) is 6.76. The van der Waals surface area contributed by atoms with Crippen LogP contribution in [-0.4, -0.2) is 98.2 Å². The van der Waals surface area contributed by atoms with Crippen LogP contribution in [0.25, 0.3) is 11.0 Å². The van der Waals surface area contributed by atoms with E-state index >= 15 is 0 Å². The van der Waals surface area contributed by atoms with Crippen LogP contribution in [0.5, 0.6) is 5.75 Å². The average Bonchev–Trinajstić information content (AvgIpc) is 3.64. The fourth-order valence-electron chi connectivity index (χ4n) is 4.91. The summed E-state index contributed by atoms with van der Waals surface area (Å²) < 4.78 is 17.2. The highest BCUT2D eigenvalue weighted by molar-refractivity contribution is 5.90. The third-order valence-electron chi connectivity index (χ3n) is 7.12. The van der Waals surface area contributed by atoms with Gasteiger partial charge in [0.15, 0.2) is 5.58 Å². The molecule has 15 heteroatoms. The highest BCUT2D eigenvalue weighted by Crippen LogP contribution is 2.33. The van der Waals surface area contributed by atoms with Crippen molar-refractivity contribution in [3.63, 3.8) is 0 Å². The van der Waals surface area contributed by atoms with E-state index in [4.69, 9.17) is 34.2 Å². The third kappa shape index (κ3) is 15.6. The fraction of sp³-hybridized carbons (Fsp3) is 0.471. The lowest BCUT2D eigenvalue weighted by atomic mass is 9.91. The van der Waals surface area contributed by atoms with Gasteiger partial charge in [-0.05, 0) is 83.8 Å². The Hall–Kier alpha value is -5.02. The van der Waals surface area contributed by atoms with Crippen LogP contribution in [0.1, 0.15) is 55.8 Å². The molecule has 0 saturated carbocycles. The van der Waals surface area contributed by atoms with Crippen molar-refractivity contribution in [2.24, 2.45) is 11.8 Å². The number of aryl methyl sites for hydroxylation is 2. The van der Waals surface area contributed by atoms with Crippen molar-refractivity contribution in [1.29, 1.82) is 0 Å². The molecule has 0 spiro atoms. The molecule has 0 unspecified atom stereocenters. The molecule has 3 aromatic rings. The molecule has 15 nitrogen and oxygen atoms in total. The van der Waals surface area contributed by atoms with Crippen molar-refractivity contribution < 1.29 is 53.4 Å². The van der Waals surface area contributed by atoms with Crippen molar-refractivity contribution in [3.05, 3.63) is 65.2 Å². The van der Waals surface area contributed by atoms with Gasteiger partial charge in [-0.3, -0.25) is 4.90 Å². The van der Waals surface area contributed by atoms with E-state index in [-0.39, 0.29) is 0 Å². The Balaban J connectivity index is 0.000000432. The lowest BCUT2D eigenvalue weighted by Gasteiger charge is -2.31. The van der Waals surface area contributed by atoms with Gasteiger partial charge in [-0.1, -0.05) is 24.2 Å². The minimum absolute atomic E-state index is 0.477. The number of nitrogens with zero attached hydrogens (tertiary/aromatic N) is 4. The molecular weight excluding hydrogens is 640 g/mol. The molecule has 0 radical (unpaired) electrons. The Kier molecular flexibility index (Phi) is 16.7. The maximum absolute atomic E-state index is 9.55. The maximum atomic E-state index is 9.55. The molecule has 0 atom stereocenters. The van der Waals surface area contributed by atoms with Crippen LogP contribution < -0.4 is 4.74 Å². The minimum Gasteiger partial charge on any atom is -0.493 e. The van der Waals surface area contributed by atoms with Crippen LogP contribution in [0.4, 0.5) is 0 Å². The number of fused-ring (bicyclic) bond motifs is 1. The lowest BCUT2D eigenvalue weighted by molar-refractivity contribution is -0.134. The monoisotopic (exact) mass is 686 g/mol. The fourth-order valence-corrected chi connectivity index (χ4v) is 4.91. The summed E-state index contributed by atoms with van der Waals surface area (Å²) in [5.41, 5.74) is 4.07. The highest BCUT2D eigenvalue weighted by Gasteiger charge is 2.22. The molecule has 1 saturated heterocycles. The molecule has 0 amide bonds. The van der Waals surface area contributed by atoms with Gasteiger partial charge in [-0.25, -0.2) is 19.2 Å². The molecule has 3 heterocycles. The Morgan fingerprint density at radius 1 is 0.939 bits per heavy atom. The van der Waals surface area contributed by atoms with Gasteiger partial charge in [0.2, 0.25) is 0 Å². The number of ether oxygens (including phenoxy) is 1. The van der Waals surface area contributed by atoms with E-state index in [1.54, 1.807) is 0 Å². The Labute approximate surface area is 284 Å². The van der Waals surface area contributed by atoms with Crippen LogP contribution in [0, 0.1) is 18.8 Å². The largest absolute Gasteiger partial charge is 0.493 e. The van der Waals surface area contributed by atoms with E-state index in [9.17, 15) is 19.2 Å². The summed E-state index contributed by atoms with van der Waals surface area (Å²) >= 11 is 0. The molecule has 4 rings (SSSR count). The summed E-state index contributed by atoms with van der Waals surface area (Å²) in [7, 11) is 4.14. The normalized spacial score (nSPS) is 13.8. The maximum Gasteiger partial charge on any atom is 0.328 e. The zero-order valence-corrected chi connectivity index (χ0v) is 28.5. The van der Waals surface area contributed by atoms with Crippen molar-refractivity contribution in [1.82, 2.24) is 20.1 Å². The lowest BCUT2D eigenvalue weighted by Crippen LogP contribution is -2.33. The van der Waals surface area contributed by atoms with E-state index in [0.29, 0.717) is 36.8 Å². The molecule has 4 N–H and O–H groups in total. The average molecular weight is 687 g/mol. The number of carboxylic acids is 4. The molecule has 0 bridgehead atoms. The van der Waals surface area contributed by atoms with Gasteiger partial charge in [0.1, 0.15) is 11.5 Å². The number of benzene rings is 1. The standard InChI is InChI=1S/C26H38N4O3.2C4H4O4/c1-18(2)17-31-25-9-7-22-24(28-33-26(22)23(25)16-29(4)5)8-6-20-10-12-30(13-11-20)15-21-14-19(3)32-27-21;2*5-3(6)1-2-4(7)8/h7,9,14,18,20H,6,8,10-13,15-17H2,1-5H3;2*1-2H,(H,5,6)(H,7,8)/b;2*2-1+. The predicted octanol–water partition coefficient (Wildman–Crippen LogP) is 4.49. The SMILES string of the molecule is Cc1cc(CN2CCC(CCc3noc4c(CN(C)C)c(OCC(C)C)ccc34)CC2)no1.O=C(O)/C=C/C(=O)O.O=C(O)/C=C/C(=O)O. The number of carbonyl (C=O) groups is 4. The second-order valence-corrected chi connectivity index (χ2v) is 12.2. The summed E-state index contributed by atoms with van der Waals surface area (Å²) in [5, 5.41) is 41.0. The van der Waals surface area contributed by atoms with Gasteiger partial charge in [0, 0.05) is 48.8 Å².